The molecule has 168 valence electrons. The zero-order valence-electron chi connectivity index (χ0n) is 18.2. The molecule has 1 aliphatic heterocycles. The summed E-state index contributed by atoms with van der Waals surface area (Å²) >= 11 is 0. The van der Waals surface area contributed by atoms with Crippen LogP contribution >= 0.6 is 0 Å². The second-order valence-corrected chi connectivity index (χ2v) is 8.62. The fourth-order valence-electron chi connectivity index (χ4n) is 4.98. The molecular formula is C27H26N2O4. The quantitative estimate of drug-likeness (QED) is 0.498. The van der Waals surface area contributed by atoms with Crippen LogP contribution in [0.15, 0.2) is 72.8 Å². The first-order valence-electron chi connectivity index (χ1n) is 11.3. The summed E-state index contributed by atoms with van der Waals surface area (Å²) in [6.07, 6.45) is 1.83. The third kappa shape index (κ3) is 4.34. The molecule has 1 fully saturated rings. The number of hydrogen-bond acceptors (Lipinski definition) is 4. The van der Waals surface area contributed by atoms with Gasteiger partial charge in [0.15, 0.2) is 0 Å². The van der Waals surface area contributed by atoms with Crippen molar-refractivity contribution >= 4 is 17.7 Å². The lowest BCUT2D eigenvalue weighted by Crippen LogP contribution is -2.42. The first kappa shape index (κ1) is 21.2. The molecule has 1 heterocycles. The van der Waals surface area contributed by atoms with Gasteiger partial charge in [0.05, 0.1) is 0 Å². The molecule has 1 amide bonds. The third-order valence-corrected chi connectivity index (χ3v) is 6.57. The predicted molar refractivity (Wildman–Crippen MR) is 126 cm³/mol. The molecule has 2 unspecified atom stereocenters. The summed E-state index contributed by atoms with van der Waals surface area (Å²) in [6, 6.07) is 23.4. The van der Waals surface area contributed by atoms with Gasteiger partial charge in [-0.25, -0.2) is 4.79 Å². The van der Waals surface area contributed by atoms with Crippen molar-refractivity contribution in [1.29, 1.82) is 0 Å². The highest BCUT2D eigenvalue weighted by atomic mass is 16.5. The molecular weight excluding hydrogens is 416 g/mol. The average molecular weight is 443 g/mol. The van der Waals surface area contributed by atoms with Crippen molar-refractivity contribution in [2.24, 2.45) is 0 Å². The van der Waals surface area contributed by atoms with Crippen molar-refractivity contribution in [2.45, 2.75) is 37.3 Å². The summed E-state index contributed by atoms with van der Waals surface area (Å²) in [5, 5.41) is 15.3. The van der Waals surface area contributed by atoms with Crippen molar-refractivity contribution in [3.05, 3.63) is 89.5 Å². The van der Waals surface area contributed by atoms with Crippen LogP contribution in [-0.4, -0.2) is 29.8 Å². The molecule has 0 radical (unpaired) electrons. The average Bonchev–Trinajstić information content (AvgIpc) is 3.17. The molecule has 0 bridgehead atoms. The van der Waals surface area contributed by atoms with Crippen molar-refractivity contribution in [3.8, 4) is 11.1 Å². The number of carboxylic acids is 1. The van der Waals surface area contributed by atoms with Crippen molar-refractivity contribution in [2.75, 3.05) is 11.9 Å². The fourth-order valence-corrected chi connectivity index (χ4v) is 4.98. The van der Waals surface area contributed by atoms with E-state index in [4.69, 9.17) is 4.74 Å². The smallest absolute Gasteiger partial charge is 0.411 e. The van der Waals surface area contributed by atoms with E-state index < -0.39 is 18.1 Å². The normalized spacial score (nSPS) is 19.4. The number of carbonyl (C=O) groups is 2. The Kier molecular flexibility index (Phi) is 5.84. The number of carbonyl (C=O) groups excluding carboxylic acids is 1. The van der Waals surface area contributed by atoms with Gasteiger partial charge in [-0.05, 0) is 59.2 Å². The maximum Gasteiger partial charge on any atom is 0.411 e. The molecule has 2 atom stereocenters. The number of nitrogens with one attached hydrogen (secondary N) is 2. The highest BCUT2D eigenvalue weighted by Crippen LogP contribution is 2.44. The molecule has 3 aromatic rings. The van der Waals surface area contributed by atoms with Crippen LogP contribution in [-0.2, 0) is 9.53 Å². The topological polar surface area (TPSA) is 87.7 Å². The van der Waals surface area contributed by atoms with Crippen LogP contribution in [0, 0.1) is 0 Å². The van der Waals surface area contributed by atoms with Crippen LogP contribution in [0.2, 0.25) is 0 Å². The van der Waals surface area contributed by atoms with Gasteiger partial charge in [-0.1, -0.05) is 60.7 Å². The van der Waals surface area contributed by atoms with E-state index in [0.717, 1.165) is 18.4 Å². The molecule has 0 spiro atoms. The SMILES string of the molecule is O=C(Nc1cccc(C2CCCC(C(=O)O)N2)c1)OCC1c2ccccc2-c2ccccc21. The van der Waals surface area contributed by atoms with E-state index in [1.807, 2.05) is 48.5 Å². The number of rotatable bonds is 5. The zero-order chi connectivity index (χ0) is 22.8. The standard InChI is InChI=1S/C27H26N2O4/c30-26(31)25-14-6-13-24(29-25)17-7-5-8-18(15-17)28-27(32)33-16-23-21-11-3-1-9-19(21)20-10-2-4-12-22(20)23/h1-5,7-12,15,23-25,29H,6,13-14,16H2,(H,28,32)(H,30,31). The number of carboxylic acid groups (broad SMARTS) is 1. The van der Waals surface area contributed by atoms with Crippen LogP contribution in [0.4, 0.5) is 10.5 Å². The number of aliphatic carboxylic acids is 1. The highest BCUT2D eigenvalue weighted by Gasteiger charge is 2.29. The van der Waals surface area contributed by atoms with Crippen molar-refractivity contribution < 1.29 is 19.4 Å². The molecule has 5 rings (SSSR count). The molecule has 2 aliphatic rings. The molecule has 1 saturated heterocycles. The lowest BCUT2D eigenvalue weighted by molar-refractivity contribution is -0.140. The Labute approximate surface area is 192 Å². The number of benzene rings is 3. The molecule has 3 N–H and O–H groups in total. The van der Waals surface area contributed by atoms with E-state index in [0.29, 0.717) is 12.1 Å². The Hall–Kier alpha value is -3.64. The number of fused-ring (bicyclic) bond motifs is 3. The van der Waals surface area contributed by atoms with Gasteiger partial charge in [0, 0.05) is 17.6 Å². The molecule has 6 heteroatoms. The monoisotopic (exact) mass is 442 g/mol. The molecule has 33 heavy (non-hydrogen) atoms. The van der Waals surface area contributed by atoms with Crippen molar-refractivity contribution in [3.63, 3.8) is 0 Å². The van der Waals surface area contributed by atoms with E-state index in [9.17, 15) is 14.7 Å². The summed E-state index contributed by atoms with van der Waals surface area (Å²) in [5.74, 6) is -0.818. The molecule has 6 nitrogen and oxygen atoms in total. The minimum atomic E-state index is -0.826. The Morgan fingerprint density at radius 3 is 2.33 bits per heavy atom. The van der Waals surface area contributed by atoms with Crippen LogP contribution in [0.3, 0.4) is 0 Å². The van der Waals surface area contributed by atoms with Crippen LogP contribution < -0.4 is 10.6 Å². The van der Waals surface area contributed by atoms with Crippen molar-refractivity contribution in [1.82, 2.24) is 5.32 Å². The number of ether oxygens (including phenoxy) is 1. The third-order valence-electron chi connectivity index (χ3n) is 6.57. The largest absolute Gasteiger partial charge is 0.480 e. The van der Waals surface area contributed by atoms with Gasteiger partial charge in [0.25, 0.3) is 0 Å². The minimum Gasteiger partial charge on any atom is -0.480 e. The zero-order valence-corrected chi connectivity index (χ0v) is 18.2. The number of anilines is 1. The van der Waals surface area contributed by atoms with Gasteiger partial charge >= 0.3 is 12.1 Å². The van der Waals surface area contributed by atoms with E-state index in [-0.39, 0.29) is 18.6 Å². The van der Waals surface area contributed by atoms with Crippen LogP contribution in [0.25, 0.3) is 11.1 Å². The van der Waals surface area contributed by atoms with Gasteiger partial charge in [-0.15, -0.1) is 0 Å². The first-order valence-corrected chi connectivity index (χ1v) is 11.3. The van der Waals surface area contributed by atoms with Gasteiger partial charge in [-0.3, -0.25) is 15.4 Å². The lowest BCUT2D eigenvalue weighted by atomic mass is 9.93. The maximum absolute atomic E-state index is 12.6. The van der Waals surface area contributed by atoms with Gasteiger partial charge in [-0.2, -0.15) is 0 Å². The minimum absolute atomic E-state index is 0.00822. The maximum atomic E-state index is 12.6. The molecule has 3 aromatic carbocycles. The summed E-state index contributed by atoms with van der Waals surface area (Å²) < 4.78 is 5.63. The highest BCUT2D eigenvalue weighted by molar-refractivity contribution is 5.85. The lowest BCUT2D eigenvalue weighted by Gasteiger charge is -2.29. The van der Waals surface area contributed by atoms with Gasteiger partial charge < -0.3 is 9.84 Å². The summed E-state index contributed by atoms with van der Waals surface area (Å²) in [6.45, 7) is 0.254. The molecule has 1 aliphatic carbocycles. The number of amides is 1. The van der Waals surface area contributed by atoms with E-state index >= 15 is 0 Å². The summed E-state index contributed by atoms with van der Waals surface area (Å²) in [4.78, 5) is 23.9. The second-order valence-electron chi connectivity index (χ2n) is 8.62. The fraction of sp³-hybridized carbons (Fsp3) is 0.259. The van der Waals surface area contributed by atoms with E-state index in [2.05, 4.69) is 34.9 Å². The molecule has 0 aromatic heterocycles. The first-order chi connectivity index (χ1) is 16.1. The Bertz CT molecular complexity index is 1150. The summed E-state index contributed by atoms with van der Waals surface area (Å²) in [7, 11) is 0. The van der Waals surface area contributed by atoms with Crippen LogP contribution in [0.5, 0.6) is 0 Å². The Morgan fingerprint density at radius 1 is 0.939 bits per heavy atom. The Balaban J connectivity index is 1.24. The second kappa shape index (κ2) is 9.08. The van der Waals surface area contributed by atoms with E-state index in [1.165, 1.54) is 22.3 Å². The molecule has 0 saturated carbocycles. The van der Waals surface area contributed by atoms with E-state index in [1.54, 1.807) is 0 Å². The van der Waals surface area contributed by atoms with Gasteiger partial charge in [0.2, 0.25) is 0 Å². The number of hydrogen-bond donors (Lipinski definition) is 3. The summed E-state index contributed by atoms with van der Waals surface area (Å²) in [5.41, 5.74) is 6.31. The van der Waals surface area contributed by atoms with Gasteiger partial charge in [0.1, 0.15) is 12.6 Å². The Morgan fingerprint density at radius 2 is 1.64 bits per heavy atom. The predicted octanol–water partition coefficient (Wildman–Crippen LogP) is 5.32. The van der Waals surface area contributed by atoms with Crippen LogP contribution in [0.1, 0.15) is 47.9 Å². The number of piperidine rings is 1.